The quantitative estimate of drug-likeness (QED) is 0.598. The van der Waals surface area contributed by atoms with Gasteiger partial charge in [-0.05, 0) is 24.6 Å². The first kappa shape index (κ1) is 11.4. The molecule has 1 aromatic carbocycles. The van der Waals surface area contributed by atoms with Crippen molar-refractivity contribution in [3.8, 4) is 0 Å². The second-order valence-corrected chi connectivity index (χ2v) is 3.95. The standard InChI is InChI=1S/C11H14N4O2/c1-6(13-5-10(12)16)7-2-3-8-9(4-7)15-11(17)14-8/h2-4,6,13H,5H2,1H3,(H2,12,16)(H2,14,15,17). The molecule has 2 rings (SSSR count). The SMILES string of the molecule is CC(NCC(N)=O)c1ccc2[nH]c(=O)[nH]c2c1. The Morgan fingerprint density at radius 2 is 2.12 bits per heavy atom. The van der Waals surface area contributed by atoms with E-state index in [2.05, 4.69) is 15.3 Å². The summed E-state index contributed by atoms with van der Waals surface area (Å²) in [5.41, 5.74) is 7.33. The summed E-state index contributed by atoms with van der Waals surface area (Å²) in [4.78, 5) is 27.1. The molecule has 90 valence electrons. The number of carbonyl (C=O) groups is 1. The summed E-state index contributed by atoms with van der Waals surface area (Å²) in [6.45, 7) is 2.05. The van der Waals surface area contributed by atoms with Crippen LogP contribution in [0.3, 0.4) is 0 Å². The molecule has 5 N–H and O–H groups in total. The molecule has 1 atom stereocenters. The lowest BCUT2D eigenvalue weighted by Crippen LogP contribution is -2.30. The molecule has 0 radical (unpaired) electrons. The van der Waals surface area contributed by atoms with Crippen molar-refractivity contribution >= 4 is 16.9 Å². The van der Waals surface area contributed by atoms with Gasteiger partial charge in [0.15, 0.2) is 0 Å². The molecule has 1 heterocycles. The van der Waals surface area contributed by atoms with Crippen molar-refractivity contribution in [2.75, 3.05) is 6.54 Å². The van der Waals surface area contributed by atoms with Gasteiger partial charge >= 0.3 is 5.69 Å². The van der Waals surface area contributed by atoms with Crippen molar-refractivity contribution in [2.45, 2.75) is 13.0 Å². The number of nitrogens with one attached hydrogen (secondary N) is 3. The molecule has 0 aliphatic heterocycles. The number of hydrogen-bond donors (Lipinski definition) is 4. The molecule has 17 heavy (non-hydrogen) atoms. The Morgan fingerprint density at radius 1 is 1.41 bits per heavy atom. The minimum Gasteiger partial charge on any atom is -0.369 e. The predicted molar refractivity (Wildman–Crippen MR) is 64.5 cm³/mol. The normalized spacial score (nSPS) is 12.8. The fraction of sp³-hybridized carbons (Fsp3) is 0.273. The third-order valence-corrected chi connectivity index (χ3v) is 2.62. The summed E-state index contributed by atoms with van der Waals surface area (Å²) in [5.74, 6) is -0.395. The number of hydrogen-bond acceptors (Lipinski definition) is 3. The number of fused-ring (bicyclic) bond motifs is 1. The molecule has 2 aromatic rings. The number of aromatic amines is 2. The monoisotopic (exact) mass is 234 g/mol. The lowest BCUT2D eigenvalue weighted by atomic mass is 10.1. The highest BCUT2D eigenvalue weighted by atomic mass is 16.1. The molecule has 0 saturated heterocycles. The summed E-state index contributed by atoms with van der Waals surface area (Å²) in [6, 6.07) is 5.58. The zero-order chi connectivity index (χ0) is 12.4. The van der Waals surface area contributed by atoms with Gasteiger partial charge in [0.2, 0.25) is 5.91 Å². The molecule has 1 aromatic heterocycles. The van der Waals surface area contributed by atoms with E-state index in [4.69, 9.17) is 5.73 Å². The average molecular weight is 234 g/mol. The van der Waals surface area contributed by atoms with E-state index in [1.807, 2.05) is 25.1 Å². The van der Waals surface area contributed by atoms with E-state index < -0.39 is 5.91 Å². The van der Waals surface area contributed by atoms with Crippen LogP contribution in [-0.2, 0) is 4.79 Å². The van der Waals surface area contributed by atoms with Crippen LogP contribution in [0.4, 0.5) is 0 Å². The van der Waals surface area contributed by atoms with Gasteiger partial charge in [-0.25, -0.2) is 4.79 Å². The first-order valence-electron chi connectivity index (χ1n) is 5.30. The number of H-pyrrole nitrogens is 2. The van der Waals surface area contributed by atoms with Crippen LogP contribution in [0.1, 0.15) is 18.5 Å². The molecule has 0 saturated carbocycles. The van der Waals surface area contributed by atoms with Crippen molar-refractivity contribution in [3.63, 3.8) is 0 Å². The highest BCUT2D eigenvalue weighted by Gasteiger charge is 2.07. The van der Waals surface area contributed by atoms with Crippen LogP contribution in [-0.4, -0.2) is 22.4 Å². The van der Waals surface area contributed by atoms with Gasteiger partial charge in [0.1, 0.15) is 0 Å². The molecule has 1 unspecified atom stereocenters. The van der Waals surface area contributed by atoms with Gasteiger partial charge in [-0.15, -0.1) is 0 Å². The Bertz CT molecular complexity index is 599. The van der Waals surface area contributed by atoms with Crippen LogP contribution in [0.15, 0.2) is 23.0 Å². The Kier molecular flexibility index (Phi) is 2.97. The summed E-state index contributed by atoms with van der Waals surface area (Å²) in [5, 5.41) is 2.99. The summed E-state index contributed by atoms with van der Waals surface area (Å²) >= 11 is 0. The van der Waals surface area contributed by atoms with Gasteiger partial charge in [-0.3, -0.25) is 4.79 Å². The second-order valence-electron chi connectivity index (χ2n) is 3.95. The van der Waals surface area contributed by atoms with E-state index in [0.717, 1.165) is 16.6 Å². The van der Waals surface area contributed by atoms with Crippen LogP contribution in [0.5, 0.6) is 0 Å². The van der Waals surface area contributed by atoms with E-state index in [9.17, 15) is 9.59 Å². The Hall–Kier alpha value is -2.08. The topological polar surface area (TPSA) is 104 Å². The maximum atomic E-state index is 11.1. The number of rotatable bonds is 4. The predicted octanol–water partition coefficient (Wildman–Crippen LogP) is -0.00790. The third kappa shape index (κ3) is 2.54. The van der Waals surface area contributed by atoms with E-state index in [1.165, 1.54) is 0 Å². The lowest BCUT2D eigenvalue weighted by Gasteiger charge is -2.12. The van der Waals surface area contributed by atoms with Crippen molar-refractivity contribution in [1.29, 1.82) is 0 Å². The van der Waals surface area contributed by atoms with E-state index >= 15 is 0 Å². The van der Waals surface area contributed by atoms with Crippen molar-refractivity contribution in [3.05, 3.63) is 34.2 Å². The zero-order valence-electron chi connectivity index (χ0n) is 9.41. The zero-order valence-corrected chi connectivity index (χ0v) is 9.41. The molecular formula is C11H14N4O2. The Morgan fingerprint density at radius 3 is 2.82 bits per heavy atom. The van der Waals surface area contributed by atoms with E-state index in [1.54, 1.807) is 0 Å². The molecule has 6 heteroatoms. The van der Waals surface area contributed by atoms with Crippen molar-refractivity contribution in [2.24, 2.45) is 5.73 Å². The molecule has 0 bridgehead atoms. The summed E-state index contributed by atoms with van der Waals surface area (Å²) < 4.78 is 0. The Balaban J connectivity index is 2.23. The average Bonchev–Trinajstić information content (AvgIpc) is 2.64. The number of aromatic nitrogens is 2. The number of imidazole rings is 1. The summed E-state index contributed by atoms with van der Waals surface area (Å²) in [7, 11) is 0. The van der Waals surface area contributed by atoms with Gasteiger partial charge in [-0.1, -0.05) is 6.07 Å². The van der Waals surface area contributed by atoms with Gasteiger partial charge in [0.05, 0.1) is 17.6 Å². The number of amides is 1. The minimum absolute atomic E-state index is 0.00898. The van der Waals surface area contributed by atoms with E-state index in [-0.39, 0.29) is 18.3 Å². The molecule has 6 nitrogen and oxygen atoms in total. The second kappa shape index (κ2) is 4.42. The van der Waals surface area contributed by atoms with Crippen LogP contribution >= 0.6 is 0 Å². The lowest BCUT2D eigenvalue weighted by molar-refractivity contribution is -0.117. The van der Waals surface area contributed by atoms with Crippen LogP contribution in [0.25, 0.3) is 11.0 Å². The number of benzene rings is 1. The summed E-state index contributed by atoms with van der Waals surface area (Å²) in [6.07, 6.45) is 0. The Labute approximate surface area is 97.2 Å². The molecule has 0 fully saturated rings. The number of primary amides is 1. The fourth-order valence-electron chi connectivity index (χ4n) is 1.69. The molecule has 0 aliphatic rings. The molecular weight excluding hydrogens is 220 g/mol. The van der Waals surface area contributed by atoms with E-state index in [0.29, 0.717) is 0 Å². The minimum atomic E-state index is -0.395. The first-order chi connectivity index (χ1) is 8.06. The highest BCUT2D eigenvalue weighted by molar-refractivity contribution is 5.76. The van der Waals surface area contributed by atoms with Crippen LogP contribution in [0.2, 0.25) is 0 Å². The largest absolute Gasteiger partial charge is 0.369 e. The third-order valence-electron chi connectivity index (χ3n) is 2.62. The van der Waals surface area contributed by atoms with Crippen LogP contribution < -0.4 is 16.7 Å². The fourth-order valence-corrected chi connectivity index (χ4v) is 1.69. The van der Waals surface area contributed by atoms with Gasteiger partial charge in [0.25, 0.3) is 0 Å². The van der Waals surface area contributed by atoms with Gasteiger partial charge in [0, 0.05) is 6.04 Å². The highest BCUT2D eigenvalue weighted by Crippen LogP contribution is 2.16. The van der Waals surface area contributed by atoms with Crippen molar-refractivity contribution in [1.82, 2.24) is 15.3 Å². The maximum absolute atomic E-state index is 11.1. The van der Waals surface area contributed by atoms with Crippen LogP contribution in [0, 0.1) is 0 Å². The van der Waals surface area contributed by atoms with Gasteiger partial charge in [-0.2, -0.15) is 0 Å². The maximum Gasteiger partial charge on any atom is 0.323 e. The van der Waals surface area contributed by atoms with Crippen molar-refractivity contribution < 1.29 is 4.79 Å². The number of nitrogens with two attached hydrogens (primary N) is 1. The van der Waals surface area contributed by atoms with Gasteiger partial charge < -0.3 is 21.0 Å². The molecule has 0 spiro atoms. The molecule has 0 aliphatic carbocycles. The smallest absolute Gasteiger partial charge is 0.323 e. The first-order valence-corrected chi connectivity index (χ1v) is 5.30. The number of carbonyl (C=O) groups excluding carboxylic acids is 1. The molecule has 1 amide bonds.